The van der Waals surface area contributed by atoms with Gasteiger partial charge in [-0.3, -0.25) is 0 Å². The van der Waals surface area contributed by atoms with E-state index in [0.29, 0.717) is 18.9 Å². The third kappa shape index (κ3) is 4.09. The lowest BCUT2D eigenvalue weighted by Crippen LogP contribution is -2.03. The first-order valence-corrected chi connectivity index (χ1v) is 7.67. The molecule has 0 atom stereocenters. The van der Waals surface area contributed by atoms with E-state index in [0.717, 1.165) is 15.4 Å². The van der Waals surface area contributed by atoms with Crippen LogP contribution < -0.4 is 5.73 Å². The van der Waals surface area contributed by atoms with Gasteiger partial charge in [0, 0.05) is 9.79 Å². The summed E-state index contributed by atoms with van der Waals surface area (Å²) in [5.74, 6) is 0.330. The topological polar surface area (TPSA) is 26.0 Å². The molecule has 20 heavy (non-hydrogen) atoms. The highest BCUT2D eigenvalue weighted by Gasteiger charge is 2.04. The molecule has 2 aromatic carbocycles. The summed E-state index contributed by atoms with van der Waals surface area (Å²) in [6, 6.07) is 13.6. The Hall–Kier alpha value is -1.32. The van der Waals surface area contributed by atoms with Crippen molar-refractivity contribution in [1.82, 2.24) is 0 Å². The highest BCUT2D eigenvalue weighted by Crippen LogP contribution is 2.30. The predicted molar refractivity (Wildman–Crippen MR) is 83.8 cm³/mol. The summed E-state index contributed by atoms with van der Waals surface area (Å²) in [7, 11) is 0. The molecule has 2 aromatic rings. The Labute approximate surface area is 124 Å². The third-order valence-electron chi connectivity index (χ3n) is 3.15. The molecule has 106 valence electrons. The molecule has 0 aliphatic carbocycles. The van der Waals surface area contributed by atoms with Crippen LogP contribution >= 0.6 is 11.8 Å². The molecule has 0 saturated carbocycles. The van der Waals surface area contributed by atoms with Crippen molar-refractivity contribution in [3.05, 3.63) is 59.4 Å². The molecule has 1 nitrogen and oxygen atoms in total. The summed E-state index contributed by atoms with van der Waals surface area (Å²) in [5.41, 5.74) is 7.80. The highest BCUT2D eigenvalue weighted by atomic mass is 32.2. The minimum atomic E-state index is -0.197. The Balaban J connectivity index is 2.16. The molecule has 0 fully saturated rings. The molecule has 2 N–H and O–H groups in total. The lowest BCUT2D eigenvalue weighted by atomic mass is 10.0. The fraction of sp³-hybridized carbons (Fsp3) is 0.294. The molecule has 0 aliphatic rings. The Kier molecular flexibility index (Phi) is 5.21. The number of rotatable bonds is 5. The van der Waals surface area contributed by atoms with Crippen LogP contribution in [0.4, 0.5) is 4.39 Å². The first-order valence-electron chi connectivity index (χ1n) is 6.86. The lowest BCUT2D eigenvalue weighted by Gasteiger charge is -2.08. The van der Waals surface area contributed by atoms with E-state index < -0.39 is 0 Å². The molecule has 0 aliphatic heterocycles. The predicted octanol–water partition coefficient (Wildman–Crippen LogP) is 4.60. The van der Waals surface area contributed by atoms with Gasteiger partial charge >= 0.3 is 0 Å². The molecule has 0 radical (unpaired) electrons. The van der Waals surface area contributed by atoms with Crippen molar-refractivity contribution < 1.29 is 4.39 Å². The van der Waals surface area contributed by atoms with Crippen molar-refractivity contribution in [3.63, 3.8) is 0 Å². The largest absolute Gasteiger partial charge is 0.330 e. The maximum absolute atomic E-state index is 13.6. The maximum Gasteiger partial charge on any atom is 0.124 e. The highest BCUT2D eigenvalue weighted by molar-refractivity contribution is 7.99. The number of hydrogen-bond acceptors (Lipinski definition) is 2. The van der Waals surface area contributed by atoms with Crippen molar-refractivity contribution in [2.75, 3.05) is 6.54 Å². The van der Waals surface area contributed by atoms with Crippen LogP contribution in [0.25, 0.3) is 0 Å². The molecule has 0 heterocycles. The Bertz CT molecular complexity index is 564. The number of hydrogen-bond donors (Lipinski definition) is 1. The van der Waals surface area contributed by atoms with Crippen molar-refractivity contribution in [2.24, 2.45) is 5.73 Å². The van der Waals surface area contributed by atoms with Gasteiger partial charge in [-0.05, 0) is 60.3 Å². The van der Waals surface area contributed by atoms with Crippen LogP contribution in [0.1, 0.15) is 30.9 Å². The molecular weight excluding hydrogens is 269 g/mol. The van der Waals surface area contributed by atoms with Gasteiger partial charge < -0.3 is 5.73 Å². The van der Waals surface area contributed by atoms with Gasteiger partial charge in [-0.25, -0.2) is 4.39 Å². The third-order valence-corrected chi connectivity index (χ3v) is 4.13. The van der Waals surface area contributed by atoms with Gasteiger partial charge in [0.15, 0.2) is 0 Å². The fourth-order valence-electron chi connectivity index (χ4n) is 2.05. The quantitative estimate of drug-likeness (QED) is 0.870. The van der Waals surface area contributed by atoms with E-state index in [1.165, 1.54) is 5.56 Å². The van der Waals surface area contributed by atoms with Gasteiger partial charge in [-0.2, -0.15) is 0 Å². The summed E-state index contributed by atoms with van der Waals surface area (Å²) in [6.45, 7) is 4.89. The van der Waals surface area contributed by atoms with Gasteiger partial charge in [-0.1, -0.05) is 37.7 Å². The van der Waals surface area contributed by atoms with E-state index in [1.54, 1.807) is 23.9 Å². The lowest BCUT2D eigenvalue weighted by molar-refractivity contribution is 0.621. The number of benzene rings is 2. The van der Waals surface area contributed by atoms with Crippen LogP contribution in [0.3, 0.4) is 0 Å². The summed E-state index contributed by atoms with van der Waals surface area (Å²) in [4.78, 5) is 2.05. The standard InChI is InChI=1S/C17H20FNS/c1-12(2)14-3-5-16(6-4-14)20-17-10-13(7-8-19)9-15(18)11-17/h3-6,9-12H,7-8,19H2,1-2H3. The van der Waals surface area contributed by atoms with Crippen LogP contribution in [0, 0.1) is 5.82 Å². The van der Waals surface area contributed by atoms with E-state index in [-0.39, 0.29) is 5.82 Å². The fourth-order valence-corrected chi connectivity index (χ4v) is 2.97. The van der Waals surface area contributed by atoms with Crippen molar-refractivity contribution >= 4 is 11.8 Å². The average molecular weight is 289 g/mol. The van der Waals surface area contributed by atoms with Gasteiger partial charge in [-0.15, -0.1) is 0 Å². The summed E-state index contributed by atoms with van der Waals surface area (Å²) >= 11 is 1.58. The zero-order valence-electron chi connectivity index (χ0n) is 11.9. The minimum absolute atomic E-state index is 0.197. The van der Waals surface area contributed by atoms with E-state index in [9.17, 15) is 4.39 Å². The molecular formula is C17H20FNS. The first kappa shape index (κ1) is 15.1. The zero-order valence-corrected chi connectivity index (χ0v) is 12.7. The Morgan fingerprint density at radius 1 is 1.05 bits per heavy atom. The second-order valence-corrected chi connectivity index (χ2v) is 6.31. The van der Waals surface area contributed by atoms with E-state index >= 15 is 0 Å². The monoisotopic (exact) mass is 289 g/mol. The van der Waals surface area contributed by atoms with Crippen LogP contribution in [0.2, 0.25) is 0 Å². The Morgan fingerprint density at radius 3 is 2.35 bits per heavy atom. The molecule has 0 bridgehead atoms. The second-order valence-electron chi connectivity index (χ2n) is 5.16. The molecule has 0 amide bonds. The summed E-state index contributed by atoms with van der Waals surface area (Å²) in [6.07, 6.45) is 0.706. The zero-order chi connectivity index (χ0) is 14.5. The van der Waals surface area contributed by atoms with Gasteiger partial charge in [0.25, 0.3) is 0 Å². The molecule has 2 rings (SSSR count). The Morgan fingerprint density at radius 2 is 1.75 bits per heavy atom. The molecule has 0 spiro atoms. The van der Waals surface area contributed by atoms with Gasteiger partial charge in [0.05, 0.1) is 0 Å². The van der Waals surface area contributed by atoms with E-state index in [4.69, 9.17) is 5.73 Å². The molecule has 0 unspecified atom stereocenters. The van der Waals surface area contributed by atoms with Crippen LogP contribution in [0.5, 0.6) is 0 Å². The SMILES string of the molecule is CC(C)c1ccc(Sc2cc(F)cc(CCN)c2)cc1. The first-order chi connectivity index (χ1) is 9.58. The molecule has 0 aromatic heterocycles. The van der Waals surface area contributed by atoms with Crippen molar-refractivity contribution in [1.29, 1.82) is 0 Å². The summed E-state index contributed by atoms with van der Waals surface area (Å²) < 4.78 is 13.6. The van der Waals surface area contributed by atoms with Crippen LogP contribution in [-0.4, -0.2) is 6.54 Å². The van der Waals surface area contributed by atoms with Gasteiger partial charge in [0.1, 0.15) is 5.82 Å². The maximum atomic E-state index is 13.6. The van der Waals surface area contributed by atoms with Crippen LogP contribution in [-0.2, 0) is 6.42 Å². The normalized spacial score (nSPS) is 11.1. The van der Waals surface area contributed by atoms with Crippen molar-refractivity contribution in [2.45, 2.75) is 36.0 Å². The smallest absolute Gasteiger partial charge is 0.124 e. The molecule has 0 saturated heterocycles. The average Bonchev–Trinajstić information content (AvgIpc) is 2.39. The van der Waals surface area contributed by atoms with Crippen LogP contribution in [0.15, 0.2) is 52.3 Å². The van der Waals surface area contributed by atoms with E-state index in [2.05, 4.69) is 38.1 Å². The number of halogens is 1. The summed E-state index contributed by atoms with van der Waals surface area (Å²) in [5, 5.41) is 0. The second kappa shape index (κ2) is 6.91. The van der Waals surface area contributed by atoms with Gasteiger partial charge in [0.2, 0.25) is 0 Å². The number of nitrogens with two attached hydrogens (primary N) is 1. The van der Waals surface area contributed by atoms with Crippen molar-refractivity contribution in [3.8, 4) is 0 Å². The minimum Gasteiger partial charge on any atom is -0.330 e. The van der Waals surface area contributed by atoms with E-state index in [1.807, 2.05) is 6.07 Å². The molecule has 3 heteroatoms.